The molecule has 11 nitrogen and oxygen atoms in total. The summed E-state index contributed by atoms with van der Waals surface area (Å²) in [5, 5.41) is 10.8. The van der Waals surface area contributed by atoms with Crippen LogP contribution in [0.15, 0.2) is 65.9 Å². The fourth-order valence-corrected chi connectivity index (χ4v) is 5.96. The fraction of sp³-hybridized carbons (Fsp3) is 0.414. The molecule has 2 fully saturated rings. The molecule has 2 aromatic rings. The average molecular weight is 551 g/mol. The number of nitro benzene ring substituents is 1. The summed E-state index contributed by atoms with van der Waals surface area (Å²) in [7, 11) is 1.59. The first-order valence-corrected chi connectivity index (χ1v) is 13.2. The number of hydrogen-bond acceptors (Lipinski definition) is 9. The van der Waals surface area contributed by atoms with E-state index in [4.69, 9.17) is 18.9 Å². The van der Waals surface area contributed by atoms with Crippen LogP contribution in [-0.4, -0.2) is 53.2 Å². The lowest BCUT2D eigenvalue weighted by atomic mass is 9.71. The van der Waals surface area contributed by atoms with Gasteiger partial charge < -0.3 is 23.8 Å². The maximum atomic E-state index is 13.4. The van der Waals surface area contributed by atoms with Gasteiger partial charge in [-0.15, -0.1) is 0 Å². The SMILES string of the molecule is CO[C@H]1CCC[C@H]2C1=C(C(=O)OCc1ccccc1)N1C(=O)[C@H]([C@@H](C)OC(=O)OCc3ccc([N+](=O)[O-])cc3)[C@@H]21. The molecule has 0 N–H and O–H groups in total. The van der Waals surface area contributed by atoms with Crippen LogP contribution in [0.2, 0.25) is 0 Å². The van der Waals surface area contributed by atoms with E-state index < -0.39 is 29.1 Å². The van der Waals surface area contributed by atoms with Gasteiger partial charge in [-0.2, -0.15) is 0 Å². The Kier molecular flexibility index (Phi) is 7.83. The highest BCUT2D eigenvalue weighted by Gasteiger charge is 2.63. The number of carbonyl (C=O) groups is 3. The van der Waals surface area contributed by atoms with Crippen molar-refractivity contribution in [2.75, 3.05) is 7.11 Å². The summed E-state index contributed by atoms with van der Waals surface area (Å²) in [4.78, 5) is 51.0. The minimum Gasteiger partial charge on any atom is -0.456 e. The smallest absolute Gasteiger partial charge is 0.456 e. The van der Waals surface area contributed by atoms with Crippen molar-refractivity contribution in [2.24, 2.45) is 11.8 Å². The van der Waals surface area contributed by atoms with Crippen molar-refractivity contribution >= 4 is 23.7 Å². The second-order valence-corrected chi connectivity index (χ2v) is 10.1. The van der Waals surface area contributed by atoms with Crippen molar-refractivity contribution in [1.82, 2.24) is 4.90 Å². The van der Waals surface area contributed by atoms with Crippen molar-refractivity contribution in [1.29, 1.82) is 0 Å². The number of nitrogens with zero attached hydrogens (tertiary/aromatic N) is 2. The van der Waals surface area contributed by atoms with Gasteiger partial charge in [0.2, 0.25) is 5.91 Å². The molecular weight excluding hydrogens is 520 g/mol. The molecule has 40 heavy (non-hydrogen) atoms. The number of nitro groups is 1. The van der Waals surface area contributed by atoms with Crippen LogP contribution < -0.4 is 0 Å². The van der Waals surface area contributed by atoms with Gasteiger partial charge in [-0.05, 0) is 55.0 Å². The van der Waals surface area contributed by atoms with Crippen molar-refractivity contribution < 1.29 is 38.3 Å². The Morgan fingerprint density at radius 2 is 1.70 bits per heavy atom. The Morgan fingerprint density at radius 3 is 2.38 bits per heavy atom. The highest BCUT2D eigenvalue weighted by molar-refractivity contribution is 6.01. The Morgan fingerprint density at radius 1 is 1.02 bits per heavy atom. The number of hydrogen-bond donors (Lipinski definition) is 0. The maximum absolute atomic E-state index is 13.4. The number of methoxy groups -OCH3 is 1. The lowest BCUT2D eigenvalue weighted by molar-refractivity contribution is -0.384. The van der Waals surface area contributed by atoms with E-state index in [9.17, 15) is 24.5 Å². The molecule has 2 aromatic carbocycles. The Labute approximate surface area is 230 Å². The van der Waals surface area contributed by atoms with Crippen molar-refractivity contribution in [2.45, 2.75) is 57.6 Å². The summed E-state index contributed by atoms with van der Waals surface area (Å²) in [6.07, 6.45) is 0.313. The summed E-state index contributed by atoms with van der Waals surface area (Å²) < 4.78 is 22.0. The van der Waals surface area contributed by atoms with Crippen molar-refractivity contribution in [3.8, 4) is 0 Å². The van der Waals surface area contributed by atoms with E-state index in [1.807, 2.05) is 30.3 Å². The number of benzene rings is 2. The molecule has 0 bridgehead atoms. The largest absolute Gasteiger partial charge is 0.508 e. The first-order valence-electron chi connectivity index (χ1n) is 13.2. The summed E-state index contributed by atoms with van der Waals surface area (Å²) in [5.41, 5.74) is 2.34. The van der Waals surface area contributed by atoms with Crippen LogP contribution in [-0.2, 0) is 41.8 Å². The predicted octanol–water partition coefficient (Wildman–Crippen LogP) is 4.29. The van der Waals surface area contributed by atoms with Gasteiger partial charge in [0, 0.05) is 25.2 Å². The Balaban J connectivity index is 1.26. The molecule has 0 unspecified atom stereocenters. The van der Waals surface area contributed by atoms with E-state index in [-0.39, 0.29) is 48.6 Å². The van der Waals surface area contributed by atoms with Gasteiger partial charge in [0.15, 0.2) is 0 Å². The number of ether oxygens (including phenoxy) is 4. The predicted molar refractivity (Wildman–Crippen MR) is 139 cm³/mol. The molecule has 1 aliphatic carbocycles. The van der Waals surface area contributed by atoms with Crippen LogP contribution in [0, 0.1) is 22.0 Å². The van der Waals surface area contributed by atoms with E-state index in [0.717, 1.165) is 30.4 Å². The van der Waals surface area contributed by atoms with Crippen molar-refractivity contribution in [3.63, 3.8) is 0 Å². The summed E-state index contributed by atoms with van der Waals surface area (Å²) in [6.45, 7) is 1.57. The number of non-ortho nitro benzene ring substituents is 1. The number of carbonyl (C=O) groups excluding carboxylic acids is 3. The molecule has 5 rings (SSSR count). The molecule has 11 heteroatoms. The van der Waals surface area contributed by atoms with Gasteiger partial charge in [-0.1, -0.05) is 30.3 Å². The van der Waals surface area contributed by atoms with Gasteiger partial charge >= 0.3 is 12.1 Å². The number of rotatable bonds is 9. The van der Waals surface area contributed by atoms with Crippen LogP contribution >= 0.6 is 0 Å². The molecule has 2 aliphatic heterocycles. The van der Waals surface area contributed by atoms with E-state index in [2.05, 4.69) is 0 Å². The average Bonchev–Trinajstić information content (AvgIpc) is 3.26. The highest BCUT2D eigenvalue weighted by atomic mass is 16.7. The van der Waals surface area contributed by atoms with Crippen molar-refractivity contribution in [3.05, 3.63) is 87.1 Å². The molecule has 0 aromatic heterocycles. The van der Waals surface area contributed by atoms with Crippen LogP contribution in [0.4, 0.5) is 10.5 Å². The molecule has 1 saturated heterocycles. The normalized spacial score (nSPS) is 23.9. The minimum atomic E-state index is -0.954. The van der Waals surface area contributed by atoms with Crippen LogP contribution in [0.1, 0.15) is 37.3 Å². The quantitative estimate of drug-likeness (QED) is 0.194. The van der Waals surface area contributed by atoms with E-state index >= 15 is 0 Å². The van der Waals surface area contributed by atoms with E-state index in [1.165, 1.54) is 29.2 Å². The zero-order chi connectivity index (χ0) is 28.4. The first kappa shape index (κ1) is 27.3. The third kappa shape index (κ3) is 5.16. The molecule has 210 valence electrons. The minimum absolute atomic E-state index is 0.0701. The summed E-state index contributed by atoms with van der Waals surface area (Å²) in [6, 6.07) is 14.6. The lowest BCUT2D eigenvalue weighted by Crippen LogP contribution is -2.64. The number of amides is 1. The van der Waals surface area contributed by atoms with Gasteiger partial charge in [0.25, 0.3) is 5.69 Å². The standard InChI is InChI=1S/C29H30N2O9/c1-17(40-29(34)39-16-19-11-13-20(14-12-19)31(35)36)23-25-21-9-6-10-22(37-2)24(21)26(30(25)27(23)32)28(33)38-15-18-7-4-3-5-8-18/h3-5,7-8,11-14,17,21-23,25H,6,9-10,15-16H2,1-2H3/t17-,21+,22+,23-,25-/m1/s1. The van der Waals surface area contributed by atoms with Gasteiger partial charge in [-0.3, -0.25) is 14.9 Å². The summed E-state index contributed by atoms with van der Waals surface area (Å²) >= 11 is 0. The maximum Gasteiger partial charge on any atom is 0.508 e. The third-order valence-corrected chi connectivity index (χ3v) is 7.83. The zero-order valence-electron chi connectivity index (χ0n) is 22.2. The first-order chi connectivity index (χ1) is 19.3. The van der Waals surface area contributed by atoms with Gasteiger partial charge in [-0.25, -0.2) is 9.59 Å². The highest BCUT2D eigenvalue weighted by Crippen LogP contribution is 2.53. The van der Waals surface area contributed by atoms with Crippen LogP contribution in [0.5, 0.6) is 0 Å². The number of β-lactam (4-membered cyclic amide) rings is 1. The second-order valence-electron chi connectivity index (χ2n) is 10.1. The van der Waals surface area contributed by atoms with E-state index in [0.29, 0.717) is 5.56 Å². The molecule has 0 radical (unpaired) electrons. The second kappa shape index (κ2) is 11.5. The molecule has 1 saturated carbocycles. The number of fused-ring (bicyclic) bond motifs is 3. The van der Waals surface area contributed by atoms with Gasteiger partial charge in [0.1, 0.15) is 25.0 Å². The Bertz CT molecular complexity index is 1320. The van der Waals surface area contributed by atoms with Crippen LogP contribution in [0.25, 0.3) is 0 Å². The molecule has 5 atom stereocenters. The zero-order valence-corrected chi connectivity index (χ0v) is 22.2. The fourth-order valence-electron chi connectivity index (χ4n) is 5.96. The third-order valence-electron chi connectivity index (χ3n) is 7.83. The molecule has 3 aliphatic rings. The topological polar surface area (TPSA) is 135 Å². The molecular formula is C29H30N2O9. The Hall–Kier alpha value is -4.25. The summed E-state index contributed by atoms with van der Waals surface area (Å²) in [5.74, 6) is -1.65. The molecule has 0 spiro atoms. The van der Waals surface area contributed by atoms with E-state index in [1.54, 1.807) is 14.0 Å². The monoisotopic (exact) mass is 550 g/mol. The van der Waals surface area contributed by atoms with Crippen LogP contribution in [0.3, 0.4) is 0 Å². The molecule has 2 heterocycles. The lowest BCUT2D eigenvalue weighted by Gasteiger charge is -2.48. The van der Waals surface area contributed by atoms with Gasteiger partial charge in [0.05, 0.1) is 23.0 Å². The molecule has 1 amide bonds. The number of esters is 1.